The molecule has 78 valence electrons. The lowest BCUT2D eigenvalue weighted by atomic mass is 10.2. The van der Waals surface area contributed by atoms with Crippen molar-refractivity contribution in [3.63, 3.8) is 0 Å². The van der Waals surface area contributed by atoms with Crippen molar-refractivity contribution in [1.29, 1.82) is 0 Å². The van der Waals surface area contributed by atoms with Crippen molar-refractivity contribution < 1.29 is 4.74 Å². The minimum Gasteiger partial charge on any atom is -0.497 e. The maximum Gasteiger partial charge on any atom is 0.119 e. The fourth-order valence-corrected chi connectivity index (χ4v) is 1.40. The molecular weight excluding hydrogens is 188 g/mol. The molecule has 1 aromatic carbocycles. The summed E-state index contributed by atoms with van der Waals surface area (Å²) in [7, 11) is 1.67. The van der Waals surface area contributed by atoms with Crippen LogP contribution in [-0.2, 0) is 0 Å². The predicted molar refractivity (Wildman–Crippen MR) is 61.8 cm³/mol. The van der Waals surface area contributed by atoms with E-state index in [4.69, 9.17) is 4.74 Å². The van der Waals surface area contributed by atoms with E-state index >= 15 is 0 Å². The molecule has 0 aliphatic carbocycles. The summed E-state index contributed by atoms with van der Waals surface area (Å²) >= 11 is 0. The number of methoxy groups -OCH3 is 1. The average molecular weight is 202 g/mol. The Morgan fingerprint density at radius 2 is 2.00 bits per heavy atom. The number of rotatable bonds is 3. The number of allylic oxidation sites excluding steroid dienone is 2. The summed E-state index contributed by atoms with van der Waals surface area (Å²) in [4.78, 5) is 0. The molecule has 0 bridgehead atoms. The van der Waals surface area contributed by atoms with E-state index in [1.165, 1.54) is 0 Å². The van der Waals surface area contributed by atoms with Crippen LogP contribution in [0, 0.1) is 0 Å². The Morgan fingerprint density at radius 1 is 1.20 bits per heavy atom. The third-order valence-electron chi connectivity index (χ3n) is 2.20. The number of dihydropyridines is 1. The van der Waals surface area contributed by atoms with Gasteiger partial charge in [-0.25, -0.2) is 0 Å². The number of benzene rings is 1. The highest BCUT2D eigenvalue weighted by atomic mass is 16.5. The van der Waals surface area contributed by atoms with Gasteiger partial charge in [0, 0.05) is 5.69 Å². The van der Waals surface area contributed by atoms with Gasteiger partial charge in [0.1, 0.15) is 11.9 Å². The lowest BCUT2D eigenvalue weighted by Gasteiger charge is -2.18. The minimum atomic E-state index is 0.156. The first kappa shape index (κ1) is 9.65. The maximum atomic E-state index is 5.09. The molecule has 0 fully saturated rings. The van der Waals surface area contributed by atoms with Crippen LogP contribution in [0.5, 0.6) is 5.75 Å². The van der Waals surface area contributed by atoms with Crippen LogP contribution in [0.25, 0.3) is 0 Å². The van der Waals surface area contributed by atoms with Crippen molar-refractivity contribution in [3.8, 4) is 5.75 Å². The Kier molecular flexibility index (Phi) is 2.93. The first-order valence-electron chi connectivity index (χ1n) is 4.88. The van der Waals surface area contributed by atoms with E-state index < -0.39 is 0 Å². The zero-order chi connectivity index (χ0) is 10.5. The molecule has 0 aromatic heterocycles. The largest absolute Gasteiger partial charge is 0.497 e. The van der Waals surface area contributed by atoms with Gasteiger partial charge in [0.05, 0.1) is 7.11 Å². The van der Waals surface area contributed by atoms with E-state index in [1.807, 2.05) is 42.6 Å². The van der Waals surface area contributed by atoms with Crippen molar-refractivity contribution >= 4 is 5.69 Å². The molecule has 3 nitrogen and oxygen atoms in total. The van der Waals surface area contributed by atoms with Crippen LogP contribution in [0.2, 0.25) is 0 Å². The normalized spacial score (nSPS) is 18.3. The Bertz CT molecular complexity index is 368. The van der Waals surface area contributed by atoms with E-state index in [0.29, 0.717) is 0 Å². The second kappa shape index (κ2) is 4.55. The highest BCUT2D eigenvalue weighted by Gasteiger charge is 2.02. The molecule has 2 rings (SSSR count). The lowest BCUT2D eigenvalue weighted by molar-refractivity contribution is 0.415. The van der Waals surface area contributed by atoms with E-state index in [2.05, 4.69) is 16.7 Å². The zero-order valence-corrected chi connectivity index (χ0v) is 8.60. The molecule has 0 saturated heterocycles. The van der Waals surface area contributed by atoms with Gasteiger partial charge in [-0.15, -0.1) is 0 Å². The van der Waals surface area contributed by atoms with E-state index in [9.17, 15) is 0 Å². The van der Waals surface area contributed by atoms with Crippen molar-refractivity contribution in [2.75, 3.05) is 12.4 Å². The Hall–Kier alpha value is -1.90. The summed E-state index contributed by atoms with van der Waals surface area (Å²) in [5.41, 5.74) is 1.06. The van der Waals surface area contributed by atoms with Crippen LogP contribution in [0.15, 0.2) is 48.7 Å². The topological polar surface area (TPSA) is 33.3 Å². The van der Waals surface area contributed by atoms with Crippen LogP contribution in [0.1, 0.15) is 0 Å². The van der Waals surface area contributed by atoms with Gasteiger partial charge in [-0.3, -0.25) is 0 Å². The van der Waals surface area contributed by atoms with Crippen LogP contribution in [-0.4, -0.2) is 13.3 Å². The summed E-state index contributed by atoms with van der Waals surface area (Å²) < 4.78 is 5.09. The quantitative estimate of drug-likeness (QED) is 0.787. The standard InChI is InChI=1S/C12H14N2O/c1-15-11-7-5-10(6-8-11)14-12-4-2-3-9-13-12/h2-9,12-14H,1H3. The van der Waals surface area contributed by atoms with E-state index in [1.54, 1.807) is 7.11 Å². The molecule has 1 aliphatic rings. The fraction of sp³-hybridized carbons (Fsp3) is 0.167. The number of hydrogen-bond acceptors (Lipinski definition) is 3. The van der Waals surface area contributed by atoms with Gasteiger partial charge in [0.15, 0.2) is 0 Å². The van der Waals surface area contributed by atoms with Crippen LogP contribution in [0.3, 0.4) is 0 Å². The molecule has 0 radical (unpaired) electrons. The van der Waals surface area contributed by atoms with Gasteiger partial charge < -0.3 is 15.4 Å². The highest BCUT2D eigenvalue weighted by Crippen LogP contribution is 2.15. The van der Waals surface area contributed by atoms with Gasteiger partial charge in [0.2, 0.25) is 0 Å². The third-order valence-corrected chi connectivity index (χ3v) is 2.20. The first-order chi connectivity index (χ1) is 7.38. The molecule has 3 heteroatoms. The van der Waals surface area contributed by atoms with Gasteiger partial charge in [-0.05, 0) is 42.6 Å². The van der Waals surface area contributed by atoms with Crippen molar-refractivity contribution in [3.05, 3.63) is 48.7 Å². The zero-order valence-electron chi connectivity index (χ0n) is 8.60. The first-order valence-corrected chi connectivity index (χ1v) is 4.88. The Labute approximate surface area is 89.4 Å². The van der Waals surface area contributed by atoms with Crippen LogP contribution in [0.4, 0.5) is 5.69 Å². The molecule has 1 aromatic rings. The van der Waals surface area contributed by atoms with E-state index in [-0.39, 0.29) is 6.17 Å². The minimum absolute atomic E-state index is 0.156. The lowest BCUT2D eigenvalue weighted by Crippen LogP contribution is -2.31. The van der Waals surface area contributed by atoms with Crippen molar-refractivity contribution in [2.24, 2.45) is 0 Å². The Balaban J connectivity index is 1.98. The van der Waals surface area contributed by atoms with Gasteiger partial charge in [0.25, 0.3) is 0 Å². The van der Waals surface area contributed by atoms with Gasteiger partial charge in [-0.1, -0.05) is 6.08 Å². The monoisotopic (exact) mass is 202 g/mol. The molecule has 1 unspecified atom stereocenters. The summed E-state index contributed by atoms with van der Waals surface area (Å²) in [6.45, 7) is 0. The number of ether oxygens (including phenoxy) is 1. The predicted octanol–water partition coefficient (Wildman–Crippen LogP) is 2.11. The molecule has 0 spiro atoms. The molecule has 1 atom stereocenters. The molecular formula is C12H14N2O. The second-order valence-electron chi connectivity index (χ2n) is 3.26. The maximum absolute atomic E-state index is 5.09. The molecule has 0 saturated carbocycles. The number of hydrogen-bond donors (Lipinski definition) is 2. The molecule has 0 amide bonds. The highest BCUT2D eigenvalue weighted by molar-refractivity contribution is 5.48. The third kappa shape index (κ3) is 2.53. The molecule has 1 heterocycles. The van der Waals surface area contributed by atoms with Crippen LogP contribution >= 0.6 is 0 Å². The smallest absolute Gasteiger partial charge is 0.119 e. The fourth-order valence-electron chi connectivity index (χ4n) is 1.40. The van der Waals surface area contributed by atoms with Crippen molar-refractivity contribution in [1.82, 2.24) is 5.32 Å². The SMILES string of the molecule is COc1ccc(NC2C=CC=CN2)cc1. The summed E-state index contributed by atoms with van der Waals surface area (Å²) in [5.74, 6) is 0.868. The summed E-state index contributed by atoms with van der Waals surface area (Å²) in [6, 6.07) is 7.86. The van der Waals surface area contributed by atoms with E-state index in [0.717, 1.165) is 11.4 Å². The number of anilines is 1. The molecule has 1 aliphatic heterocycles. The molecule has 2 N–H and O–H groups in total. The van der Waals surface area contributed by atoms with Gasteiger partial charge >= 0.3 is 0 Å². The summed E-state index contributed by atoms with van der Waals surface area (Å²) in [6.07, 6.45) is 8.11. The molecule has 15 heavy (non-hydrogen) atoms. The van der Waals surface area contributed by atoms with Crippen LogP contribution < -0.4 is 15.4 Å². The summed E-state index contributed by atoms with van der Waals surface area (Å²) in [5, 5.41) is 6.51. The second-order valence-corrected chi connectivity index (χ2v) is 3.26. The van der Waals surface area contributed by atoms with Crippen molar-refractivity contribution in [2.45, 2.75) is 6.17 Å². The number of nitrogens with one attached hydrogen (secondary N) is 2. The van der Waals surface area contributed by atoms with Gasteiger partial charge in [-0.2, -0.15) is 0 Å². The average Bonchev–Trinajstić information content (AvgIpc) is 2.31. The Morgan fingerprint density at radius 3 is 2.60 bits per heavy atom.